The van der Waals surface area contributed by atoms with Gasteiger partial charge in [0.25, 0.3) is 5.91 Å². The van der Waals surface area contributed by atoms with Gasteiger partial charge in [0.15, 0.2) is 5.82 Å². The normalized spacial score (nSPS) is 10.5. The Morgan fingerprint density at radius 1 is 1.22 bits per heavy atom. The quantitative estimate of drug-likeness (QED) is 0.642. The summed E-state index contributed by atoms with van der Waals surface area (Å²) in [7, 11) is 0. The van der Waals surface area contributed by atoms with Gasteiger partial charge in [0.2, 0.25) is 0 Å². The molecule has 7 heteroatoms. The van der Waals surface area contributed by atoms with Gasteiger partial charge in [-0.3, -0.25) is 9.89 Å². The monoisotopic (exact) mass is 327 g/mol. The summed E-state index contributed by atoms with van der Waals surface area (Å²) in [5, 5.41) is 10.3. The molecule has 116 valence electrons. The van der Waals surface area contributed by atoms with E-state index in [2.05, 4.69) is 20.5 Å². The van der Waals surface area contributed by atoms with Crippen molar-refractivity contribution < 1.29 is 4.79 Å². The van der Waals surface area contributed by atoms with Crippen LogP contribution in [0.2, 0.25) is 5.02 Å². The van der Waals surface area contributed by atoms with Crippen molar-refractivity contribution >= 4 is 23.2 Å². The molecule has 0 saturated heterocycles. The summed E-state index contributed by atoms with van der Waals surface area (Å²) in [6.07, 6.45) is 0. The van der Waals surface area contributed by atoms with Crippen molar-refractivity contribution in [1.82, 2.24) is 20.5 Å². The predicted molar refractivity (Wildman–Crippen MR) is 88.9 cm³/mol. The number of hydrogen-bond acceptors (Lipinski definition) is 4. The fourth-order valence-electron chi connectivity index (χ4n) is 2.03. The molecule has 2 aromatic carbocycles. The molecule has 23 heavy (non-hydrogen) atoms. The van der Waals surface area contributed by atoms with E-state index in [1.165, 1.54) is 0 Å². The molecule has 0 bridgehead atoms. The lowest BCUT2D eigenvalue weighted by molar-refractivity contribution is 0.0950. The van der Waals surface area contributed by atoms with Crippen molar-refractivity contribution in [3.63, 3.8) is 0 Å². The van der Waals surface area contributed by atoms with Crippen LogP contribution in [0.4, 0.5) is 5.69 Å². The van der Waals surface area contributed by atoms with Gasteiger partial charge < -0.3 is 11.1 Å². The van der Waals surface area contributed by atoms with Gasteiger partial charge in [-0.25, -0.2) is 4.98 Å². The Labute approximate surface area is 137 Å². The molecule has 1 amide bonds. The first-order valence-electron chi connectivity index (χ1n) is 6.93. The summed E-state index contributed by atoms with van der Waals surface area (Å²) in [6.45, 7) is 0.247. The highest BCUT2D eigenvalue weighted by Gasteiger charge is 2.09. The number of amides is 1. The molecule has 1 aromatic heterocycles. The van der Waals surface area contributed by atoms with Gasteiger partial charge in [-0.15, -0.1) is 0 Å². The minimum atomic E-state index is -0.203. The molecule has 0 radical (unpaired) electrons. The van der Waals surface area contributed by atoms with Gasteiger partial charge in [-0.2, -0.15) is 5.10 Å². The minimum absolute atomic E-state index is 0.203. The Morgan fingerprint density at radius 2 is 2.00 bits per heavy atom. The number of aromatic nitrogens is 3. The Morgan fingerprint density at radius 3 is 2.74 bits per heavy atom. The topological polar surface area (TPSA) is 96.7 Å². The maximum atomic E-state index is 12.0. The zero-order chi connectivity index (χ0) is 16.2. The molecule has 0 fully saturated rings. The van der Waals surface area contributed by atoms with Crippen molar-refractivity contribution in [1.29, 1.82) is 0 Å². The van der Waals surface area contributed by atoms with Crippen molar-refractivity contribution in [2.75, 3.05) is 5.73 Å². The largest absolute Gasteiger partial charge is 0.399 e. The van der Waals surface area contributed by atoms with Crippen LogP contribution in [0.5, 0.6) is 0 Å². The number of benzene rings is 2. The van der Waals surface area contributed by atoms with E-state index in [0.29, 0.717) is 27.9 Å². The molecule has 0 atom stereocenters. The summed E-state index contributed by atoms with van der Waals surface area (Å²) >= 11 is 5.95. The number of nitrogen functional groups attached to an aromatic ring is 1. The van der Waals surface area contributed by atoms with Crippen molar-refractivity contribution in [3.8, 4) is 11.4 Å². The summed E-state index contributed by atoms with van der Waals surface area (Å²) in [5.74, 6) is 0.888. The van der Waals surface area contributed by atoms with E-state index >= 15 is 0 Å². The zero-order valence-electron chi connectivity index (χ0n) is 12.1. The average molecular weight is 328 g/mol. The van der Waals surface area contributed by atoms with E-state index in [-0.39, 0.29) is 12.5 Å². The third kappa shape index (κ3) is 3.67. The van der Waals surface area contributed by atoms with Gasteiger partial charge in [-0.1, -0.05) is 23.7 Å². The SMILES string of the molecule is Nc1ccc(C(=O)NCc2nc(-c3cccc(Cl)c3)n[nH]2)cc1. The second kappa shape index (κ2) is 6.50. The molecule has 0 unspecified atom stereocenters. The first-order valence-corrected chi connectivity index (χ1v) is 7.30. The molecule has 3 rings (SSSR count). The summed E-state index contributed by atoms with van der Waals surface area (Å²) in [5.41, 5.74) is 7.56. The standard InChI is InChI=1S/C16H14ClN5O/c17-12-3-1-2-11(8-12)15-20-14(21-22-15)9-19-16(23)10-4-6-13(18)7-5-10/h1-8H,9,18H2,(H,19,23)(H,20,21,22). The predicted octanol–water partition coefficient (Wildman–Crippen LogP) is 2.64. The van der Waals surface area contributed by atoms with Gasteiger partial charge in [0.1, 0.15) is 5.82 Å². The minimum Gasteiger partial charge on any atom is -0.399 e. The van der Waals surface area contributed by atoms with Gasteiger partial charge in [0, 0.05) is 21.8 Å². The molecule has 3 aromatic rings. The fraction of sp³-hybridized carbons (Fsp3) is 0.0625. The number of nitrogens with one attached hydrogen (secondary N) is 2. The lowest BCUT2D eigenvalue weighted by Gasteiger charge is -2.03. The van der Waals surface area contributed by atoms with Crippen LogP contribution in [0.3, 0.4) is 0 Å². The second-order valence-corrected chi connectivity index (χ2v) is 5.36. The highest BCUT2D eigenvalue weighted by molar-refractivity contribution is 6.30. The number of nitrogens with two attached hydrogens (primary N) is 1. The zero-order valence-corrected chi connectivity index (χ0v) is 12.8. The molecule has 6 nitrogen and oxygen atoms in total. The van der Waals surface area contributed by atoms with Gasteiger partial charge in [0.05, 0.1) is 6.54 Å². The maximum Gasteiger partial charge on any atom is 0.251 e. The van der Waals surface area contributed by atoms with Crippen LogP contribution in [0.25, 0.3) is 11.4 Å². The highest BCUT2D eigenvalue weighted by atomic mass is 35.5. The number of carbonyl (C=O) groups is 1. The fourth-order valence-corrected chi connectivity index (χ4v) is 2.22. The summed E-state index contributed by atoms with van der Waals surface area (Å²) in [6, 6.07) is 14.0. The Hall–Kier alpha value is -2.86. The van der Waals surface area contributed by atoms with Crippen molar-refractivity contribution in [3.05, 3.63) is 64.9 Å². The van der Waals surface area contributed by atoms with E-state index in [1.807, 2.05) is 12.1 Å². The lowest BCUT2D eigenvalue weighted by atomic mass is 10.2. The Balaban J connectivity index is 1.65. The lowest BCUT2D eigenvalue weighted by Crippen LogP contribution is -2.23. The molecule has 1 heterocycles. The Kier molecular flexibility index (Phi) is 4.25. The average Bonchev–Trinajstić information content (AvgIpc) is 3.02. The van der Waals surface area contributed by atoms with Crippen molar-refractivity contribution in [2.45, 2.75) is 6.54 Å². The van der Waals surface area contributed by atoms with Crippen LogP contribution in [-0.4, -0.2) is 21.1 Å². The third-order valence-corrected chi connectivity index (χ3v) is 3.44. The summed E-state index contributed by atoms with van der Waals surface area (Å²) < 4.78 is 0. The number of rotatable bonds is 4. The first kappa shape index (κ1) is 15.1. The number of halogens is 1. The van der Waals surface area contributed by atoms with E-state index in [0.717, 1.165) is 5.56 Å². The number of aromatic amines is 1. The number of carbonyl (C=O) groups excluding carboxylic acids is 1. The highest BCUT2D eigenvalue weighted by Crippen LogP contribution is 2.19. The third-order valence-electron chi connectivity index (χ3n) is 3.20. The molecule has 0 aliphatic carbocycles. The molecular weight excluding hydrogens is 314 g/mol. The van der Waals surface area contributed by atoms with Crippen LogP contribution in [0, 0.1) is 0 Å². The van der Waals surface area contributed by atoms with E-state index in [4.69, 9.17) is 17.3 Å². The van der Waals surface area contributed by atoms with Gasteiger partial charge in [-0.05, 0) is 36.4 Å². The number of anilines is 1. The van der Waals surface area contributed by atoms with Crippen LogP contribution >= 0.6 is 11.6 Å². The molecule has 0 saturated carbocycles. The number of nitrogens with zero attached hydrogens (tertiary/aromatic N) is 2. The molecule has 0 aliphatic rings. The number of hydrogen-bond donors (Lipinski definition) is 3. The molecule has 4 N–H and O–H groups in total. The van der Waals surface area contributed by atoms with Crippen LogP contribution in [-0.2, 0) is 6.54 Å². The van der Waals surface area contributed by atoms with Gasteiger partial charge >= 0.3 is 0 Å². The maximum absolute atomic E-state index is 12.0. The first-order chi connectivity index (χ1) is 11.1. The van der Waals surface area contributed by atoms with E-state index in [9.17, 15) is 4.79 Å². The van der Waals surface area contributed by atoms with Crippen molar-refractivity contribution in [2.24, 2.45) is 0 Å². The van der Waals surface area contributed by atoms with E-state index < -0.39 is 0 Å². The number of H-pyrrole nitrogens is 1. The van der Waals surface area contributed by atoms with Crippen LogP contribution in [0.15, 0.2) is 48.5 Å². The Bertz CT molecular complexity index is 828. The van der Waals surface area contributed by atoms with E-state index in [1.54, 1.807) is 36.4 Å². The van der Waals surface area contributed by atoms with Crippen LogP contribution < -0.4 is 11.1 Å². The van der Waals surface area contributed by atoms with Crippen LogP contribution in [0.1, 0.15) is 16.2 Å². The summed E-state index contributed by atoms with van der Waals surface area (Å²) in [4.78, 5) is 16.4. The molecule has 0 spiro atoms. The molecule has 0 aliphatic heterocycles. The molecular formula is C16H14ClN5O. The second-order valence-electron chi connectivity index (χ2n) is 4.92. The smallest absolute Gasteiger partial charge is 0.251 e.